The second kappa shape index (κ2) is 8.68. The van der Waals surface area contributed by atoms with Gasteiger partial charge in [0.25, 0.3) is 0 Å². The van der Waals surface area contributed by atoms with Gasteiger partial charge in [-0.3, -0.25) is 4.90 Å². The molecule has 0 aliphatic carbocycles. The van der Waals surface area contributed by atoms with E-state index >= 15 is 0 Å². The molecule has 1 atom stereocenters. The van der Waals surface area contributed by atoms with E-state index in [1.165, 1.54) is 5.56 Å². The zero-order chi connectivity index (χ0) is 14.1. The molecule has 0 bridgehead atoms. The molecule has 0 N–H and O–H groups in total. The lowest BCUT2D eigenvalue weighted by atomic mass is 10.0. The molecule has 0 spiro atoms. The van der Waals surface area contributed by atoms with Crippen molar-refractivity contribution in [1.82, 2.24) is 4.90 Å². The Hall–Kier alpha value is -1.37. The fraction of sp³-hybridized carbons (Fsp3) is 0.562. The van der Waals surface area contributed by atoms with Crippen molar-refractivity contribution in [3.8, 4) is 6.07 Å². The van der Waals surface area contributed by atoms with Gasteiger partial charge in [-0.05, 0) is 11.5 Å². The number of nitrogens with zero attached hydrogens (tertiary/aromatic N) is 2. The van der Waals surface area contributed by atoms with E-state index in [2.05, 4.69) is 36.9 Å². The SMILES string of the molecule is COCCN(CC(C)C)C(CC#N)c1ccccc1. The number of hydrogen-bond acceptors (Lipinski definition) is 3. The predicted octanol–water partition coefficient (Wildman–Crippen LogP) is 3.25. The first-order valence-electron chi connectivity index (χ1n) is 6.84. The van der Waals surface area contributed by atoms with Crippen molar-refractivity contribution in [3.63, 3.8) is 0 Å². The summed E-state index contributed by atoms with van der Waals surface area (Å²) in [5, 5.41) is 9.10. The molecule has 0 aromatic heterocycles. The van der Waals surface area contributed by atoms with Gasteiger partial charge in [0.1, 0.15) is 0 Å². The van der Waals surface area contributed by atoms with Crippen molar-refractivity contribution in [2.75, 3.05) is 26.8 Å². The standard InChI is InChI=1S/C16H24N2O/c1-14(2)13-18(11-12-19-3)16(9-10-17)15-7-5-4-6-8-15/h4-8,14,16H,9,11-13H2,1-3H3. The van der Waals surface area contributed by atoms with E-state index in [4.69, 9.17) is 10.00 Å². The van der Waals surface area contributed by atoms with Crippen molar-refractivity contribution in [2.24, 2.45) is 5.92 Å². The Morgan fingerprint density at radius 3 is 2.47 bits per heavy atom. The second-order valence-corrected chi connectivity index (χ2v) is 5.17. The summed E-state index contributed by atoms with van der Waals surface area (Å²) in [5.74, 6) is 0.571. The van der Waals surface area contributed by atoms with Gasteiger partial charge >= 0.3 is 0 Å². The molecule has 1 rings (SSSR count). The van der Waals surface area contributed by atoms with E-state index in [1.807, 2.05) is 18.2 Å². The zero-order valence-corrected chi connectivity index (χ0v) is 12.2. The van der Waals surface area contributed by atoms with Gasteiger partial charge in [-0.1, -0.05) is 44.2 Å². The Balaban J connectivity index is 2.88. The molecular weight excluding hydrogens is 236 g/mol. The predicted molar refractivity (Wildman–Crippen MR) is 77.7 cm³/mol. The molecule has 0 amide bonds. The van der Waals surface area contributed by atoms with Gasteiger partial charge in [-0.25, -0.2) is 0 Å². The molecule has 3 heteroatoms. The highest BCUT2D eigenvalue weighted by Gasteiger charge is 2.20. The van der Waals surface area contributed by atoms with Gasteiger partial charge in [0.05, 0.1) is 19.1 Å². The van der Waals surface area contributed by atoms with Gasteiger partial charge in [-0.2, -0.15) is 5.26 Å². The summed E-state index contributed by atoms with van der Waals surface area (Å²) in [6, 6.07) is 12.7. The molecule has 0 aliphatic heterocycles. The van der Waals surface area contributed by atoms with Crippen molar-refractivity contribution in [3.05, 3.63) is 35.9 Å². The van der Waals surface area contributed by atoms with E-state index in [1.54, 1.807) is 7.11 Å². The largest absolute Gasteiger partial charge is 0.383 e. The minimum Gasteiger partial charge on any atom is -0.383 e. The second-order valence-electron chi connectivity index (χ2n) is 5.17. The highest BCUT2D eigenvalue weighted by Crippen LogP contribution is 2.24. The van der Waals surface area contributed by atoms with Crippen LogP contribution < -0.4 is 0 Å². The van der Waals surface area contributed by atoms with Crippen molar-refractivity contribution >= 4 is 0 Å². The first kappa shape index (κ1) is 15.7. The summed E-state index contributed by atoms with van der Waals surface area (Å²) in [6.07, 6.45) is 0.514. The summed E-state index contributed by atoms with van der Waals surface area (Å²) in [5.41, 5.74) is 1.21. The van der Waals surface area contributed by atoms with Crippen molar-refractivity contribution < 1.29 is 4.74 Å². The Morgan fingerprint density at radius 2 is 1.95 bits per heavy atom. The molecule has 0 radical (unpaired) electrons. The highest BCUT2D eigenvalue weighted by atomic mass is 16.5. The lowest BCUT2D eigenvalue weighted by Gasteiger charge is -2.32. The third kappa shape index (κ3) is 5.42. The van der Waals surface area contributed by atoms with Crippen LogP contribution in [0.5, 0.6) is 0 Å². The van der Waals surface area contributed by atoms with Crippen LogP contribution in [-0.4, -0.2) is 31.7 Å². The van der Waals surface area contributed by atoms with Gasteiger partial charge < -0.3 is 4.74 Å². The topological polar surface area (TPSA) is 36.3 Å². The molecule has 3 nitrogen and oxygen atoms in total. The van der Waals surface area contributed by atoms with E-state index in [0.29, 0.717) is 18.9 Å². The highest BCUT2D eigenvalue weighted by molar-refractivity contribution is 5.20. The maximum absolute atomic E-state index is 9.10. The molecule has 104 valence electrons. The van der Waals surface area contributed by atoms with E-state index < -0.39 is 0 Å². The molecule has 1 aromatic carbocycles. The number of methoxy groups -OCH3 is 1. The average Bonchev–Trinajstić information content (AvgIpc) is 2.41. The maximum Gasteiger partial charge on any atom is 0.0641 e. The number of ether oxygens (including phenoxy) is 1. The van der Waals surface area contributed by atoms with Crippen LogP contribution in [0.4, 0.5) is 0 Å². The maximum atomic E-state index is 9.10. The van der Waals surface area contributed by atoms with Crippen molar-refractivity contribution in [2.45, 2.75) is 26.3 Å². The molecule has 19 heavy (non-hydrogen) atoms. The average molecular weight is 260 g/mol. The van der Waals surface area contributed by atoms with Crippen LogP contribution in [-0.2, 0) is 4.74 Å². The first-order valence-corrected chi connectivity index (χ1v) is 6.84. The van der Waals surface area contributed by atoms with Crippen LogP contribution in [0.1, 0.15) is 31.9 Å². The minimum absolute atomic E-state index is 0.156. The summed E-state index contributed by atoms with van der Waals surface area (Å²) in [6.45, 7) is 6.93. The van der Waals surface area contributed by atoms with Gasteiger partial charge in [0.2, 0.25) is 0 Å². The molecule has 0 fully saturated rings. The van der Waals surface area contributed by atoms with Crippen LogP contribution >= 0.6 is 0 Å². The summed E-state index contributed by atoms with van der Waals surface area (Å²) >= 11 is 0. The van der Waals surface area contributed by atoms with Gasteiger partial charge in [-0.15, -0.1) is 0 Å². The minimum atomic E-state index is 0.156. The Labute approximate surface area is 116 Å². The van der Waals surface area contributed by atoms with Crippen LogP contribution in [0.25, 0.3) is 0 Å². The number of hydrogen-bond donors (Lipinski definition) is 0. The van der Waals surface area contributed by atoms with Crippen LogP contribution in [0.2, 0.25) is 0 Å². The Bertz CT molecular complexity index is 383. The molecule has 1 unspecified atom stereocenters. The van der Waals surface area contributed by atoms with Gasteiger partial charge in [0.15, 0.2) is 0 Å². The molecule has 0 saturated heterocycles. The Kier molecular flexibility index (Phi) is 7.17. The third-order valence-electron chi connectivity index (χ3n) is 3.09. The van der Waals surface area contributed by atoms with E-state index in [9.17, 15) is 0 Å². The monoisotopic (exact) mass is 260 g/mol. The van der Waals surface area contributed by atoms with E-state index in [-0.39, 0.29) is 6.04 Å². The van der Waals surface area contributed by atoms with Crippen LogP contribution in [0.3, 0.4) is 0 Å². The molecular formula is C16H24N2O. The fourth-order valence-electron chi connectivity index (χ4n) is 2.27. The first-order chi connectivity index (χ1) is 9.19. The quantitative estimate of drug-likeness (QED) is 0.720. The summed E-state index contributed by atoms with van der Waals surface area (Å²) in [7, 11) is 1.72. The lowest BCUT2D eigenvalue weighted by molar-refractivity contribution is 0.110. The summed E-state index contributed by atoms with van der Waals surface area (Å²) in [4.78, 5) is 2.35. The number of benzene rings is 1. The molecule has 0 saturated carbocycles. The third-order valence-corrected chi connectivity index (χ3v) is 3.09. The van der Waals surface area contributed by atoms with E-state index in [0.717, 1.165) is 13.1 Å². The normalized spacial score (nSPS) is 12.6. The van der Waals surface area contributed by atoms with Gasteiger partial charge in [0, 0.05) is 26.2 Å². The van der Waals surface area contributed by atoms with Crippen molar-refractivity contribution in [1.29, 1.82) is 5.26 Å². The molecule has 0 aliphatic rings. The van der Waals surface area contributed by atoms with Crippen LogP contribution in [0, 0.1) is 17.2 Å². The lowest BCUT2D eigenvalue weighted by Crippen LogP contribution is -2.34. The smallest absolute Gasteiger partial charge is 0.0641 e. The number of nitriles is 1. The van der Waals surface area contributed by atoms with Crippen LogP contribution in [0.15, 0.2) is 30.3 Å². The number of rotatable bonds is 8. The fourth-order valence-corrected chi connectivity index (χ4v) is 2.27. The Morgan fingerprint density at radius 1 is 1.26 bits per heavy atom. The zero-order valence-electron chi connectivity index (χ0n) is 12.2. The summed E-state index contributed by atoms with van der Waals surface area (Å²) < 4.78 is 5.19. The molecule has 0 heterocycles. The molecule has 1 aromatic rings.